The summed E-state index contributed by atoms with van der Waals surface area (Å²) in [5, 5.41) is 3.71. The molecule has 1 saturated carbocycles. The van der Waals surface area contributed by atoms with E-state index in [9.17, 15) is 0 Å². The molecule has 0 spiro atoms. The first-order chi connectivity index (χ1) is 9.69. The van der Waals surface area contributed by atoms with E-state index < -0.39 is 0 Å². The first kappa shape index (κ1) is 16.3. The van der Waals surface area contributed by atoms with Crippen molar-refractivity contribution < 1.29 is 4.74 Å². The highest BCUT2D eigenvalue weighted by molar-refractivity contribution is 4.85. The molecule has 0 radical (unpaired) electrons. The van der Waals surface area contributed by atoms with Gasteiger partial charge in [0.15, 0.2) is 0 Å². The molecule has 20 heavy (non-hydrogen) atoms. The molecule has 4 atom stereocenters. The number of likely N-dealkylation sites (N-methyl/N-ethyl adjacent to an activating group) is 1. The highest BCUT2D eigenvalue weighted by Gasteiger charge is 2.29. The van der Waals surface area contributed by atoms with Gasteiger partial charge < -0.3 is 15.0 Å². The van der Waals surface area contributed by atoms with Crippen LogP contribution in [-0.2, 0) is 4.74 Å². The fourth-order valence-corrected chi connectivity index (χ4v) is 4.01. The van der Waals surface area contributed by atoms with E-state index in [1.165, 1.54) is 45.1 Å². The van der Waals surface area contributed by atoms with E-state index in [0.29, 0.717) is 6.10 Å². The first-order valence-electron chi connectivity index (χ1n) is 8.72. The van der Waals surface area contributed by atoms with Crippen LogP contribution in [0.1, 0.15) is 52.4 Å². The number of hydrogen-bond donors (Lipinski definition) is 1. The van der Waals surface area contributed by atoms with Crippen LogP contribution < -0.4 is 5.32 Å². The Kier molecular flexibility index (Phi) is 6.79. The smallest absolute Gasteiger partial charge is 0.0701 e. The minimum absolute atomic E-state index is 0.479. The molecule has 0 amide bonds. The average Bonchev–Trinajstić information content (AvgIpc) is 2.43. The topological polar surface area (TPSA) is 24.5 Å². The predicted octanol–water partition coefficient (Wildman–Crippen LogP) is 2.90. The van der Waals surface area contributed by atoms with Crippen molar-refractivity contribution in [2.24, 2.45) is 11.8 Å². The van der Waals surface area contributed by atoms with Gasteiger partial charge in [-0.05, 0) is 64.0 Å². The molecule has 2 rings (SSSR count). The van der Waals surface area contributed by atoms with Crippen LogP contribution in [0, 0.1) is 11.8 Å². The van der Waals surface area contributed by atoms with Crippen LogP contribution in [0.25, 0.3) is 0 Å². The lowest BCUT2D eigenvalue weighted by molar-refractivity contribution is -0.00575. The van der Waals surface area contributed by atoms with Gasteiger partial charge in [-0.25, -0.2) is 0 Å². The Balaban J connectivity index is 1.78. The van der Waals surface area contributed by atoms with Crippen LogP contribution in [-0.4, -0.2) is 50.3 Å². The molecule has 1 aliphatic heterocycles. The Morgan fingerprint density at radius 1 is 1.15 bits per heavy atom. The maximum absolute atomic E-state index is 5.88. The summed E-state index contributed by atoms with van der Waals surface area (Å²) in [7, 11) is 2.28. The largest absolute Gasteiger partial charge is 0.377 e. The molecule has 2 fully saturated rings. The fourth-order valence-electron chi connectivity index (χ4n) is 4.01. The molecule has 0 aromatic rings. The van der Waals surface area contributed by atoms with Crippen molar-refractivity contribution in [1.29, 1.82) is 0 Å². The van der Waals surface area contributed by atoms with Crippen molar-refractivity contribution in [1.82, 2.24) is 10.2 Å². The molecular weight excluding hydrogens is 248 g/mol. The van der Waals surface area contributed by atoms with E-state index >= 15 is 0 Å². The third-order valence-corrected chi connectivity index (χ3v) is 5.05. The quantitative estimate of drug-likeness (QED) is 0.811. The lowest BCUT2D eigenvalue weighted by Crippen LogP contribution is -2.46. The standard InChI is InChI=1S/C17H34N2O/c1-4-18-17-9-8-14(2)11-15(17)12-19(3)13-16-7-5-6-10-20-16/h14-18H,4-13H2,1-3H3. The molecule has 3 nitrogen and oxygen atoms in total. The van der Waals surface area contributed by atoms with Gasteiger partial charge in [0.25, 0.3) is 0 Å². The summed E-state index contributed by atoms with van der Waals surface area (Å²) in [6.07, 6.45) is 8.46. The van der Waals surface area contributed by atoms with Crippen molar-refractivity contribution in [3.05, 3.63) is 0 Å². The zero-order chi connectivity index (χ0) is 14.4. The average molecular weight is 282 g/mol. The SMILES string of the molecule is CCNC1CCC(C)CC1CN(C)CC1CCCCO1. The number of ether oxygens (including phenoxy) is 1. The third kappa shape index (κ3) is 5.01. The molecular formula is C17H34N2O. The van der Waals surface area contributed by atoms with Crippen LogP contribution in [0.15, 0.2) is 0 Å². The summed E-state index contributed by atoms with van der Waals surface area (Å²) >= 11 is 0. The summed E-state index contributed by atoms with van der Waals surface area (Å²) in [5.41, 5.74) is 0. The van der Waals surface area contributed by atoms with Gasteiger partial charge in [0.05, 0.1) is 6.10 Å². The maximum Gasteiger partial charge on any atom is 0.0701 e. The minimum Gasteiger partial charge on any atom is -0.377 e. The van der Waals surface area contributed by atoms with Crippen LogP contribution >= 0.6 is 0 Å². The minimum atomic E-state index is 0.479. The zero-order valence-electron chi connectivity index (χ0n) is 13.7. The van der Waals surface area contributed by atoms with Gasteiger partial charge in [-0.1, -0.05) is 13.8 Å². The molecule has 0 aromatic carbocycles. The summed E-state index contributed by atoms with van der Waals surface area (Å²) in [6.45, 7) is 9.06. The Morgan fingerprint density at radius 3 is 2.70 bits per heavy atom. The molecule has 0 bridgehead atoms. The second kappa shape index (κ2) is 8.35. The van der Waals surface area contributed by atoms with Gasteiger partial charge in [0, 0.05) is 25.7 Å². The Labute approximate surface area is 125 Å². The summed E-state index contributed by atoms with van der Waals surface area (Å²) in [5.74, 6) is 1.71. The summed E-state index contributed by atoms with van der Waals surface area (Å²) < 4.78 is 5.88. The zero-order valence-corrected chi connectivity index (χ0v) is 13.7. The molecule has 1 aliphatic carbocycles. The highest BCUT2D eigenvalue weighted by Crippen LogP contribution is 2.29. The van der Waals surface area contributed by atoms with E-state index in [1.54, 1.807) is 0 Å². The second-order valence-electron chi connectivity index (χ2n) is 7.05. The van der Waals surface area contributed by atoms with Crippen LogP contribution in [0.5, 0.6) is 0 Å². The van der Waals surface area contributed by atoms with Gasteiger partial charge >= 0.3 is 0 Å². The summed E-state index contributed by atoms with van der Waals surface area (Å²) in [6, 6.07) is 0.728. The van der Waals surface area contributed by atoms with Crippen LogP contribution in [0.2, 0.25) is 0 Å². The van der Waals surface area contributed by atoms with E-state index in [2.05, 4.69) is 31.1 Å². The molecule has 4 unspecified atom stereocenters. The van der Waals surface area contributed by atoms with Crippen molar-refractivity contribution in [3.8, 4) is 0 Å². The highest BCUT2D eigenvalue weighted by atomic mass is 16.5. The van der Waals surface area contributed by atoms with Gasteiger partial charge in [-0.3, -0.25) is 0 Å². The van der Waals surface area contributed by atoms with Crippen LogP contribution in [0.3, 0.4) is 0 Å². The third-order valence-electron chi connectivity index (χ3n) is 5.05. The second-order valence-corrected chi connectivity index (χ2v) is 7.05. The number of hydrogen-bond acceptors (Lipinski definition) is 3. The normalized spacial score (nSPS) is 35.4. The first-order valence-corrected chi connectivity index (χ1v) is 8.72. The van der Waals surface area contributed by atoms with Gasteiger partial charge in [-0.2, -0.15) is 0 Å². The van der Waals surface area contributed by atoms with Gasteiger partial charge in [0.2, 0.25) is 0 Å². The lowest BCUT2D eigenvalue weighted by atomic mass is 9.78. The molecule has 2 aliphatic rings. The molecule has 1 heterocycles. The maximum atomic E-state index is 5.88. The monoisotopic (exact) mass is 282 g/mol. The van der Waals surface area contributed by atoms with Crippen molar-refractivity contribution in [3.63, 3.8) is 0 Å². The summed E-state index contributed by atoms with van der Waals surface area (Å²) in [4.78, 5) is 2.52. The Hall–Kier alpha value is -0.120. The van der Waals surface area contributed by atoms with E-state index in [4.69, 9.17) is 4.74 Å². The molecule has 0 aromatic heterocycles. The number of nitrogens with one attached hydrogen (secondary N) is 1. The lowest BCUT2D eigenvalue weighted by Gasteiger charge is -2.38. The molecule has 118 valence electrons. The van der Waals surface area contributed by atoms with Crippen molar-refractivity contribution in [2.75, 3.05) is 33.3 Å². The van der Waals surface area contributed by atoms with Crippen LogP contribution in [0.4, 0.5) is 0 Å². The van der Waals surface area contributed by atoms with E-state index in [1.807, 2.05) is 0 Å². The van der Waals surface area contributed by atoms with Gasteiger partial charge in [-0.15, -0.1) is 0 Å². The van der Waals surface area contributed by atoms with Crippen molar-refractivity contribution >= 4 is 0 Å². The Bertz CT molecular complexity index is 266. The van der Waals surface area contributed by atoms with E-state index in [-0.39, 0.29) is 0 Å². The fraction of sp³-hybridized carbons (Fsp3) is 1.00. The Morgan fingerprint density at radius 2 is 2.00 bits per heavy atom. The van der Waals surface area contributed by atoms with Gasteiger partial charge in [0.1, 0.15) is 0 Å². The molecule has 1 N–H and O–H groups in total. The molecule has 1 saturated heterocycles. The predicted molar refractivity (Wildman–Crippen MR) is 85.1 cm³/mol. The number of rotatable bonds is 6. The molecule has 3 heteroatoms. The number of nitrogens with zero attached hydrogens (tertiary/aromatic N) is 1. The van der Waals surface area contributed by atoms with Crippen molar-refractivity contribution in [2.45, 2.75) is 64.5 Å². The van der Waals surface area contributed by atoms with E-state index in [0.717, 1.165) is 37.6 Å².